The van der Waals surface area contributed by atoms with Crippen molar-refractivity contribution in [2.45, 2.75) is 38.9 Å². The van der Waals surface area contributed by atoms with Crippen molar-refractivity contribution in [3.63, 3.8) is 0 Å². The lowest BCUT2D eigenvalue weighted by atomic mass is 10.3. The van der Waals surface area contributed by atoms with Crippen molar-refractivity contribution in [3.05, 3.63) is 16.1 Å². The van der Waals surface area contributed by atoms with Crippen LogP contribution in [0.1, 0.15) is 31.0 Å². The summed E-state index contributed by atoms with van der Waals surface area (Å²) in [6.07, 6.45) is 1.92. The molecule has 3 nitrogen and oxygen atoms in total. The van der Waals surface area contributed by atoms with Gasteiger partial charge in [0, 0.05) is 24.0 Å². The Labute approximate surface area is 111 Å². The van der Waals surface area contributed by atoms with E-state index in [0.29, 0.717) is 11.0 Å². The maximum Gasteiger partial charge on any atom is 0.230 e. The highest BCUT2D eigenvalue weighted by molar-refractivity contribution is 8.00. The predicted octanol–water partition coefficient (Wildman–Crippen LogP) is 2.64. The van der Waals surface area contributed by atoms with E-state index in [2.05, 4.69) is 29.5 Å². The largest absolute Gasteiger partial charge is 0.355 e. The van der Waals surface area contributed by atoms with Crippen molar-refractivity contribution in [3.8, 4) is 0 Å². The van der Waals surface area contributed by atoms with Crippen LogP contribution in [0.25, 0.3) is 0 Å². The molecule has 1 aromatic heterocycles. The van der Waals surface area contributed by atoms with Crippen LogP contribution in [0.4, 0.5) is 0 Å². The second kappa shape index (κ2) is 7.71. The van der Waals surface area contributed by atoms with Gasteiger partial charge in [-0.15, -0.1) is 23.1 Å². The van der Waals surface area contributed by atoms with E-state index in [1.165, 1.54) is 0 Å². The fraction of sp³-hybridized carbons (Fsp3) is 0.667. The van der Waals surface area contributed by atoms with E-state index in [1.54, 1.807) is 23.1 Å². The van der Waals surface area contributed by atoms with Gasteiger partial charge in [0.2, 0.25) is 5.91 Å². The molecule has 0 bridgehead atoms. The van der Waals surface area contributed by atoms with Gasteiger partial charge in [-0.1, -0.05) is 13.8 Å². The first-order chi connectivity index (χ1) is 8.08. The fourth-order valence-corrected chi connectivity index (χ4v) is 2.68. The molecule has 1 N–H and O–H groups in total. The van der Waals surface area contributed by atoms with Crippen LogP contribution >= 0.6 is 23.1 Å². The van der Waals surface area contributed by atoms with E-state index in [-0.39, 0.29) is 5.91 Å². The van der Waals surface area contributed by atoms with Crippen molar-refractivity contribution in [2.24, 2.45) is 0 Å². The van der Waals surface area contributed by atoms with Crippen LogP contribution in [-0.2, 0) is 11.2 Å². The maximum absolute atomic E-state index is 11.4. The highest BCUT2D eigenvalue weighted by Gasteiger charge is 2.03. The zero-order valence-corrected chi connectivity index (χ0v) is 12.3. The van der Waals surface area contributed by atoms with Gasteiger partial charge in [0.25, 0.3) is 0 Å². The van der Waals surface area contributed by atoms with Crippen LogP contribution in [0.3, 0.4) is 0 Å². The van der Waals surface area contributed by atoms with Crippen molar-refractivity contribution in [1.29, 1.82) is 0 Å². The van der Waals surface area contributed by atoms with Gasteiger partial charge in [0.15, 0.2) is 0 Å². The summed E-state index contributed by atoms with van der Waals surface area (Å²) >= 11 is 3.37. The normalized spacial score (nSPS) is 10.8. The standard InChI is InChI=1S/C12H20N2OS2/c1-9(2)16-8-11(15)13-6-4-5-12-14-10(3)7-17-12/h7,9H,4-6,8H2,1-3H3,(H,13,15). The summed E-state index contributed by atoms with van der Waals surface area (Å²) in [6.45, 7) is 6.95. The van der Waals surface area contributed by atoms with Crippen molar-refractivity contribution in [2.75, 3.05) is 12.3 Å². The lowest BCUT2D eigenvalue weighted by Gasteiger charge is -2.06. The summed E-state index contributed by atoms with van der Waals surface area (Å²) in [4.78, 5) is 15.8. The molecule has 0 saturated heterocycles. The van der Waals surface area contributed by atoms with Crippen LogP contribution in [0.2, 0.25) is 0 Å². The van der Waals surface area contributed by atoms with Gasteiger partial charge in [-0.25, -0.2) is 4.98 Å². The number of carbonyl (C=O) groups excluding carboxylic acids is 1. The molecule has 0 aliphatic heterocycles. The minimum Gasteiger partial charge on any atom is -0.355 e. The van der Waals surface area contributed by atoms with Crippen molar-refractivity contribution >= 4 is 29.0 Å². The van der Waals surface area contributed by atoms with Crippen LogP contribution in [-0.4, -0.2) is 28.4 Å². The number of thioether (sulfide) groups is 1. The lowest BCUT2D eigenvalue weighted by Crippen LogP contribution is -2.26. The number of hydrogen-bond acceptors (Lipinski definition) is 4. The number of aromatic nitrogens is 1. The third-order valence-corrected chi connectivity index (χ3v) is 4.23. The molecule has 1 rings (SSSR count). The molecular weight excluding hydrogens is 252 g/mol. The molecular formula is C12H20N2OS2. The molecule has 0 fully saturated rings. The number of amides is 1. The minimum atomic E-state index is 0.138. The van der Waals surface area contributed by atoms with Gasteiger partial charge >= 0.3 is 0 Å². The third-order valence-electron chi connectivity index (χ3n) is 2.10. The minimum absolute atomic E-state index is 0.138. The summed E-state index contributed by atoms with van der Waals surface area (Å²) in [6, 6.07) is 0. The molecule has 1 heterocycles. The molecule has 1 amide bonds. The summed E-state index contributed by atoms with van der Waals surface area (Å²) in [5.74, 6) is 0.701. The average Bonchev–Trinajstić information content (AvgIpc) is 2.68. The van der Waals surface area contributed by atoms with E-state index >= 15 is 0 Å². The molecule has 0 unspecified atom stereocenters. The molecule has 96 valence electrons. The number of nitrogens with one attached hydrogen (secondary N) is 1. The van der Waals surface area contributed by atoms with Gasteiger partial charge < -0.3 is 5.32 Å². The van der Waals surface area contributed by atoms with Crippen LogP contribution in [0.15, 0.2) is 5.38 Å². The van der Waals surface area contributed by atoms with Gasteiger partial charge in [0.1, 0.15) is 0 Å². The SMILES string of the molecule is Cc1csc(CCCNC(=O)CSC(C)C)n1. The predicted molar refractivity (Wildman–Crippen MR) is 75.8 cm³/mol. The van der Waals surface area contributed by atoms with E-state index in [1.807, 2.05) is 6.92 Å². The fourth-order valence-electron chi connectivity index (χ4n) is 1.28. The highest BCUT2D eigenvalue weighted by atomic mass is 32.2. The molecule has 0 spiro atoms. The first-order valence-electron chi connectivity index (χ1n) is 5.87. The molecule has 0 aromatic carbocycles. The molecule has 0 aliphatic carbocycles. The van der Waals surface area contributed by atoms with E-state index in [9.17, 15) is 4.79 Å². The van der Waals surface area contributed by atoms with Crippen molar-refractivity contribution in [1.82, 2.24) is 10.3 Å². The van der Waals surface area contributed by atoms with Gasteiger partial charge in [-0.05, 0) is 18.6 Å². The van der Waals surface area contributed by atoms with Crippen LogP contribution < -0.4 is 5.32 Å². The average molecular weight is 272 g/mol. The quantitative estimate of drug-likeness (QED) is 0.776. The molecule has 5 heteroatoms. The van der Waals surface area contributed by atoms with Crippen LogP contribution in [0.5, 0.6) is 0 Å². The van der Waals surface area contributed by atoms with Gasteiger partial charge in [-0.3, -0.25) is 4.79 Å². The second-order valence-electron chi connectivity index (χ2n) is 4.20. The van der Waals surface area contributed by atoms with Gasteiger partial charge in [0.05, 0.1) is 10.8 Å². The van der Waals surface area contributed by atoms with E-state index in [4.69, 9.17) is 0 Å². The topological polar surface area (TPSA) is 42.0 Å². The summed E-state index contributed by atoms with van der Waals surface area (Å²) in [7, 11) is 0. The zero-order chi connectivity index (χ0) is 12.7. The monoisotopic (exact) mass is 272 g/mol. The molecule has 0 saturated carbocycles. The first kappa shape index (κ1) is 14.5. The molecule has 0 radical (unpaired) electrons. The van der Waals surface area contributed by atoms with Crippen molar-refractivity contribution < 1.29 is 4.79 Å². The first-order valence-corrected chi connectivity index (χ1v) is 7.80. The molecule has 17 heavy (non-hydrogen) atoms. The Kier molecular flexibility index (Phi) is 6.58. The Morgan fingerprint density at radius 2 is 2.35 bits per heavy atom. The number of hydrogen-bond donors (Lipinski definition) is 1. The van der Waals surface area contributed by atoms with Gasteiger partial charge in [-0.2, -0.15) is 0 Å². The summed E-state index contributed by atoms with van der Waals surface area (Å²) < 4.78 is 0. The zero-order valence-electron chi connectivity index (χ0n) is 10.7. The molecule has 0 aliphatic rings. The highest BCUT2D eigenvalue weighted by Crippen LogP contribution is 2.10. The Hall–Kier alpha value is -0.550. The Balaban J connectivity index is 2.06. The number of carbonyl (C=O) groups is 1. The number of nitrogens with zero attached hydrogens (tertiary/aromatic N) is 1. The van der Waals surface area contributed by atoms with E-state index in [0.717, 1.165) is 30.1 Å². The third kappa shape index (κ3) is 6.68. The Bertz CT molecular complexity index is 350. The molecule has 0 atom stereocenters. The smallest absolute Gasteiger partial charge is 0.230 e. The molecule has 1 aromatic rings. The summed E-state index contributed by atoms with van der Waals surface area (Å²) in [5, 5.41) is 6.67. The maximum atomic E-state index is 11.4. The summed E-state index contributed by atoms with van der Waals surface area (Å²) in [5.41, 5.74) is 1.09. The number of rotatable bonds is 7. The van der Waals surface area contributed by atoms with Crippen LogP contribution in [0, 0.1) is 6.92 Å². The second-order valence-corrected chi connectivity index (χ2v) is 6.70. The Morgan fingerprint density at radius 1 is 1.59 bits per heavy atom. The lowest BCUT2D eigenvalue weighted by molar-refractivity contribution is -0.118. The Morgan fingerprint density at radius 3 is 2.94 bits per heavy atom. The number of thiazole rings is 1. The van der Waals surface area contributed by atoms with E-state index < -0.39 is 0 Å². The number of aryl methyl sites for hydroxylation is 2.